The van der Waals surface area contributed by atoms with E-state index in [2.05, 4.69) is 10.3 Å². The summed E-state index contributed by atoms with van der Waals surface area (Å²) in [5.41, 5.74) is 1.02. The first-order chi connectivity index (χ1) is 9.19. The number of nitrogens with one attached hydrogen (secondary N) is 1. The Labute approximate surface area is 110 Å². The van der Waals surface area contributed by atoms with Crippen molar-refractivity contribution in [2.75, 3.05) is 12.4 Å². The minimum Gasteiger partial charge on any atom is -0.497 e. The van der Waals surface area contributed by atoms with E-state index in [0.29, 0.717) is 12.4 Å². The number of nitrogens with zero attached hydrogens (tertiary/aromatic N) is 2. The van der Waals surface area contributed by atoms with Gasteiger partial charge < -0.3 is 10.1 Å². The van der Waals surface area contributed by atoms with Crippen LogP contribution in [0.25, 0.3) is 0 Å². The lowest BCUT2D eigenvalue weighted by molar-refractivity contribution is -0.385. The van der Waals surface area contributed by atoms with Gasteiger partial charge in [-0.2, -0.15) is 0 Å². The summed E-state index contributed by atoms with van der Waals surface area (Å²) in [7, 11) is 1.62. The van der Waals surface area contributed by atoms with Gasteiger partial charge in [-0.3, -0.25) is 10.1 Å². The fourth-order valence-corrected chi connectivity index (χ4v) is 1.57. The lowest BCUT2D eigenvalue weighted by Crippen LogP contribution is -2.01. The van der Waals surface area contributed by atoms with Gasteiger partial charge in [0.15, 0.2) is 0 Å². The smallest absolute Gasteiger partial charge is 0.287 e. The summed E-state index contributed by atoms with van der Waals surface area (Å²) >= 11 is 0. The fourth-order valence-electron chi connectivity index (χ4n) is 1.57. The summed E-state index contributed by atoms with van der Waals surface area (Å²) < 4.78 is 5.13. The van der Waals surface area contributed by atoms with Crippen LogP contribution in [0.4, 0.5) is 11.5 Å². The van der Waals surface area contributed by atoms with Crippen LogP contribution in [0.1, 0.15) is 5.56 Å². The zero-order valence-corrected chi connectivity index (χ0v) is 10.4. The minimum atomic E-state index is -0.473. The third kappa shape index (κ3) is 3.41. The number of nitro groups is 1. The second kappa shape index (κ2) is 5.81. The third-order valence-electron chi connectivity index (χ3n) is 2.57. The van der Waals surface area contributed by atoms with Gasteiger partial charge in [-0.25, -0.2) is 4.98 Å². The Bertz CT molecular complexity index is 570. The largest absolute Gasteiger partial charge is 0.497 e. The van der Waals surface area contributed by atoms with Crippen molar-refractivity contribution in [2.45, 2.75) is 6.54 Å². The lowest BCUT2D eigenvalue weighted by atomic mass is 10.2. The summed E-state index contributed by atoms with van der Waals surface area (Å²) in [6.45, 7) is 0.571. The molecule has 6 heteroatoms. The van der Waals surface area contributed by atoms with Crippen LogP contribution >= 0.6 is 0 Å². The summed E-state index contributed by atoms with van der Waals surface area (Å²) in [6.07, 6.45) is 1.23. The van der Waals surface area contributed by atoms with Crippen molar-refractivity contribution < 1.29 is 9.66 Å². The van der Waals surface area contributed by atoms with Crippen LogP contribution in [0.15, 0.2) is 42.6 Å². The van der Waals surface area contributed by atoms with Crippen LogP contribution < -0.4 is 10.1 Å². The van der Waals surface area contributed by atoms with Gasteiger partial charge in [0, 0.05) is 12.6 Å². The van der Waals surface area contributed by atoms with Gasteiger partial charge in [0.25, 0.3) is 5.69 Å². The zero-order valence-electron chi connectivity index (χ0n) is 10.4. The predicted molar refractivity (Wildman–Crippen MR) is 71.2 cm³/mol. The molecule has 0 aliphatic heterocycles. The van der Waals surface area contributed by atoms with Crippen LogP contribution in [-0.2, 0) is 6.54 Å². The maximum atomic E-state index is 10.5. The molecule has 0 bridgehead atoms. The van der Waals surface area contributed by atoms with Gasteiger partial charge in [0.2, 0.25) is 0 Å². The molecule has 98 valence electrons. The van der Waals surface area contributed by atoms with Crippen molar-refractivity contribution in [3.63, 3.8) is 0 Å². The number of methoxy groups -OCH3 is 1. The van der Waals surface area contributed by atoms with Crippen LogP contribution in [0.3, 0.4) is 0 Å². The summed E-state index contributed by atoms with van der Waals surface area (Å²) in [5.74, 6) is 1.38. The fraction of sp³-hybridized carbons (Fsp3) is 0.154. The van der Waals surface area contributed by atoms with Crippen LogP contribution in [0.5, 0.6) is 5.75 Å². The van der Waals surface area contributed by atoms with Crippen molar-refractivity contribution in [1.82, 2.24) is 4.98 Å². The number of rotatable bonds is 5. The van der Waals surface area contributed by atoms with Gasteiger partial charge in [-0.15, -0.1) is 0 Å². The van der Waals surface area contributed by atoms with E-state index in [1.807, 2.05) is 24.3 Å². The van der Waals surface area contributed by atoms with E-state index in [0.717, 1.165) is 11.3 Å². The molecule has 0 aliphatic carbocycles. The average molecular weight is 259 g/mol. The van der Waals surface area contributed by atoms with Crippen molar-refractivity contribution in [1.29, 1.82) is 0 Å². The van der Waals surface area contributed by atoms with Crippen molar-refractivity contribution in [2.24, 2.45) is 0 Å². The van der Waals surface area contributed by atoms with E-state index in [9.17, 15) is 10.1 Å². The molecule has 0 amide bonds. The number of hydrogen-bond donors (Lipinski definition) is 1. The molecule has 6 nitrogen and oxygen atoms in total. The van der Waals surface area contributed by atoms with Gasteiger partial charge in [-0.1, -0.05) is 12.1 Å². The van der Waals surface area contributed by atoms with Gasteiger partial charge >= 0.3 is 0 Å². The molecule has 0 aliphatic rings. The first kappa shape index (κ1) is 12.8. The van der Waals surface area contributed by atoms with Crippen LogP contribution in [0, 0.1) is 10.1 Å². The van der Waals surface area contributed by atoms with Crippen LogP contribution in [0.2, 0.25) is 0 Å². The molecule has 2 aromatic rings. The molecule has 0 atom stereocenters. The van der Waals surface area contributed by atoms with Gasteiger partial charge in [0.1, 0.15) is 17.8 Å². The maximum Gasteiger partial charge on any atom is 0.287 e. The molecule has 0 saturated carbocycles. The zero-order chi connectivity index (χ0) is 13.7. The Balaban J connectivity index is 1.99. The molecule has 1 N–H and O–H groups in total. The van der Waals surface area contributed by atoms with Crippen molar-refractivity contribution in [3.8, 4) is 5.75 Å². The maximum absolute atomic E-state index is 10.5. The molecule has 19 heavy (non-hydrogen) atoms. The summed E-state index contributed by atoms with van der Waals surface area (Å²) in [6, 6.07) is 10.6. The topological polar surface area (TPSA) is 77.3 Å². The Morgan fingerprint density at radius 2 is 2.21 bits per heavy atom. The molecular formula is C13H13N3O3. The van der Waals surface area contributed by atoms with Crippen molar-refractivity contribution >= 4 is 11.5 Å². The summed E-state index contributed by atoms with van der Waals surface area (Å²) in [5, 5.41) is 13.6. The number of benzene rings is 1. The second-order valence-corrected chi connectivity index (χ2v) is 3.86. The number of pyridine rings is 1. The molecular weight excluding hydrogens is 246 g/mol. The molecule has 0 radical (unpaired) electrons. The first-order valence-electron chi connectivity index (χ1n) is 5.66. The number of anilines is 1. The average Bonchev–Trinajstić information content (AvgIpc) is 2.46. The SMILES string of the molecule is COc1cccc(CNc2ccc([N+](=O)[O-])cn2)c1. The van der Waals surface area contributed by atoms with E-state index in [-0.39, 0.29) is 5.69 Å². The minimum absolute atomic E-state index is 0.0214. The highest BCUT2D eigenvalue weighted by Crippen LogP contribution is 2.15. The highest BCUT2D eigenvalue weighted by Gasteiger charge is 2.04. The normalized spacial score (nSPS) is 9.95. The monoisotopic (exact) mass is 259 g/mol. The van der Waals surface area contributed by atoms with Crippen molar-refractivity contribution in [3.05, 3.63) is 58.3 Å². The standard InChI is InChI=1S/C13H13N3O3/c1-19-12-4-2-3-10(7-12)8-14-13-6-5-11(9-15-13)16(17)18/h2-7,9H,8H2,1H3,(H,14,15). The molecule has 0 spiro atoms. The molecule has 0 saturated heterocycles. The van der Waals surface area contributed by atoms with Gasteiger partial charge in [-0.05, 0) is 23.8 Å². The number of ether oxygens (including phenoxy) is 1. The molecule has 1 heterocycles. The molecule has 2 rings (SSSR count). The van der Waals surface area contributed by atoms with E-state index in [4.69, 9.17) is 4.74 Å². The highest BCUT2D eigenvalue weighted by atomic mass is 16.6. The lowest BCUT2D eigenvalue weighted by Gasteiger charge is -2.06. The molecule has 1 aromatic carbocycles. The summed E-state index contributed by atoms with van der Waals surface area (Å²) in [4.78, 5) is 14.0. The van der Waals surface area contributed by atoms with E-state index >= 15 is 0 Å². The Morgan fingerprint density at radius 3 is 2.84 bits per heavy atom. The molecule has 0 fully saturated rings. The predicted octanol–water partition coefficient (Wildman–Crippen LogP) is 2.61. The molecule has 0 unspecified atom stereocenters. The second-order valence-electron chi connectivity index (χ2n) is 3.86. The Morgan fingerprint density at radius 1 is 1.37 bits per heavy atom. The number of aromatic nitrogens is 1. The van der Waals surface area contributed by atoms with Gasteiger partial charge in [0.05, 0.1) is 12.0 Å². The third-order valence-corrected chi connectivity index (χ3v) is 2.57. The van der Waals surface area contributed by atoms with Crippen LogP contribution in [-0.4, -0.2) is 17.0 Å². The Kier molecular flexibility index (Phi) is 3.92. The highest BCUT2D eigenvalue weighted by molar-refractivity contribution is 5.41. The first-order valence-corrected chi connectivity index (χ1v) is 5.66. The quantitative estimate of drug-likeness (QED) is 0.659. The van der Waals surface area contributed by atoms with E-state index in [1.54, 1.807) is 13.2 Å². The van der Waals surface area contributed by atoms with E-state index < -0.39 is 4.92 Å². The number of hydrogen-bond acceptors (Lipinski definition) is 5. The Hall–Kier alpha value is -2.63. The molecule has 1 aromatic heterocycles. The van der Waals surface area contributed by atoms with E-state index in [1.165, 1.54) is 12.3 Å².